The number of sulfonamides is 1. The normalized spacial score (nSPS) is 10.7. The number of nitrogens with two attached hydrogens (primary N) is 1. The lowest BCUT2D eigenvalue weighted by atomic mass is 10.2. The summed E-state index contributed by atoms with van der Waals surface area (Å²) < 4.78 is 21.9. The molecule has 4 N–H and O–H groups in total. The Morgan fingerprint density at radius 1 is 0.958 bits per heavy atom. The second-order valence-corrected chi connectivity index (χ2v) is 6.99. The summed E-state index contributed by atoms with van der Waals surface area (Å²) in [6, 6.07) is 5.50. The Balaban J connectivity index is 0.000000561. The van der Waals surface area contributed by atoms with Gasteiger partial charge in [-0.2, -0.15) is 0 Å². The molecule has 1 aromatic rings. The van der Waals surface area contributed by atoms with Crippen LogP contribution in [0.15, 0.2) is 29.2 Å². The van der Waals surface area contributed by atoms with Crippen LogP contribution in [-0.2, 0) is 10.0 Å². The summed E-state index contributed by atoms with van der Waals surface area (Å²) in [5.74, 6) is -0.220. The molecule has 0 atom stereocenters. The Morgan fingerprint density at radius 3 is 2.00 bits per heavy atom. The first-order chi connectivity index (χ1) is 11.4. The molecule has 0 spiro atoms. The highest BCUT2D eigenvalue weighted by molar-refractivity contribution is 7.89. The fourth-order valence-electron chi connectivity index (χ4n) is 1.74. The van der Waals surface area contributed by atoms with Crippen molar-refractivity contribution in [2.24, 2.45) is 5.14 Å². The van der Waals surface area contributed by atoms with Crippen molar-refractivity contribution < 1.29 is 13.2 Å². The predicted octanol–water partition coefficient (Wildman–Crippen LogP) is 2.26. The zero-order chi connectivity index (χ0) is 18.4. The number of rotatable bonds is 9. The third-order valence-corrected chi connectivity index (χ3v) is 4.04. The maximum absolute atomic E-state index is 11.5. The van der Waals surface area contributed by atoms with Crippen molar-refractivity contribution in [2.75, 3.05) is 19.6 Å². The minimum atomic E-state index is -3.69. The number of benzene rings is 1. The van der Waals surface area contributed by atoms with Crippen molar-refractivity contribution in [2.45, 2.75) is 51.3 Å². The van der Waals surface area contributed by atoms with E-state index in [0.29, 0.717) is 12.1 Å². The molecular formula is C17H31N3O3S. The third-order valence-electron chi connectivity index (χ3n) is 3.11. The van der Waals surface area contributed by atoms with Gasteiger partial charge in [0.2, 0.25) is 10.0 Å². The number of unbranched alkanes of at least 4 members (excludes halogenated alkanes) is 1. The Bertz CT molecular complexity index is 551. The van der Waals surface area contributed by atoms with Crippen molar-refractivity contribution >= 4 is 15.9 Å². The van der Waals surface area contributed by atoms with Gasteiger partial charge < -0.3 is 10.6 Å². The van der Waals surface area contributed by atoms with Gasteiger partial charge in [0, 0.05) is 12.1 Å². The first kappa shape index (κ1) is 22.6. The fourth-order valence-corrected chi connectivity index (χ4v) is 2.26. The van der Waals surface area contributed by atoms with E-state index in [4.69, 9.17) is 5.14 Å². The summed E-state index contributed by atoms with van der Waals surface area (Å²) in [4.78, 5) is 11.5. The molecule has 1 amide bonds. The Hall–Kier alpha value is -1.44. The number of amides is 1. The first-order valence-electron chi connectivity index (χ1n) is 8.48. The Kier molecular flexibility index (Phi) is 12.1. The molecular weight excluding hydrogens is 326 g/mol. The average Bonchev–Trinajstić information content (AvgIpc) is 2.56. The van der Waals surface area contributed by atoms with Gasteiger partial charge >= 0.3 is 0 Å². The monoisotopic (exact) mass is 357 g/mol. The van der Waals surface area contributed by atoms with Gasteiger partial charge in [0.15, 0.2) is 0 Å². The van der Waals surface area contributed by atoms with Crippen LogP contribution in [0.3, 0.4) is 0 Å². The molecule has 0 heterocycles. The van der Waals surface area contributed by atoms with Crippen LogP contribution >= 0.6 is 0 Å². The molecule has 0 saturated carbocycles. The molecule has 1 rings (SSSR count). The maximum atomic E-state index is 11.5. The molecule has 0 aliphatic heterocycles. The molecule has 24 heavy (non-hydrogen) atoms. The number of hydrogen-bond donors (Lipinski definition) is 3. The van der Waals surface area contributed by atoms with E-state index in [0.717, 1.165) is 6.42 Å². The third kappa shape index (κ3) is 10.4. The van der Waals surface area contributed by atoms with E-state index < -0.39 is 10.0 Å². The fraction of sp³-hybridized carbons (Fsp3) is 0.588. The van der Waals surface area contributed by atoms with E-state index in [2.05, 4.69) is 24.5 Å². The van der Waals surface area contributed by atoms with E-state index in [1.54, 1.807) is 0 Å². The number of primary sulfonamides is 1. The standard InChI is InChI=1S/C10H14N2O3S.C7H17N/c1-2-7-12-10(13)8-3-5-9(6-4-8)16(11,14)15;1-3-5-7-8-6-4-2/h3-6H,2,7H2,1H3,(H,12,13)(H2,11,14,15);8H,3-7H2,1-2H3. The highest BCUT2D eigenvalue weighted by atomic mass is 32.2. The SMILES string of the molecule is CCCCNCCC.CCCNC(=O)c1ccc(S(N)(=O)=O)cc1. The second-order valence-electron chi connectivity index (χ2n) is 5.43. The molecule has 0 saturated heterocycles. The van der Waals surface area contributed by atoms with Gasteiger partial charge in [-0.15, -0.1) is 0 Å². The smallest absolute Gasteiger partial charge is 0.251 e. The summed E-state index contributed by atoms with van der Waals surface area (Å²) in [6.45, 7) is 9.33. The molecule has 138 valence electrons. The van der Waals surface area contributed by atoms with E-state index in [1.165, 1.54) is 56.6 Å². The molecule has 0 aliphatic carbocycles. The van der Waals surface area contributed by atoms with Gasteiger partial charge in [0.25, 0.3) is 5.91 Å². The quantitative estimate of drug-likeness (QED) is 0.590. The van der Waals surface area contributed by atoms with E-state index in [1.807, 2.05) is 6.92 Å². The maximum Gasteiger partial charge on any atom is 0.251 e. The zero-order valence-corrected chi connectivity index (χ0v) is 15.8. The van der Waals surface area contributed by atoms with Gasteiger partial charge in [0.1, 0.15) is 0 Å². The van der Waals surface area contributed by atoms with Crippen molar-refractivity contribution in [3.63, 3.8) is 0 Å². The largest absolute Gasteiger partial charge is 0.352 e. The van der Waals surface area contributed by atoms with Crippen LogP contribution in [0.25, 0.3) is 0 Å². The van der Waals surface area contributed by atoms with Crippen LogP contribution in [0.2, 0.25) is 0 Å². The summed E-state index contributed by atoms with van der Waals surface area (Å²) in [5.41, 5.74) is 0.417. The van der Waals surface area contributed by atoms with Gasteiger partial charge in [-0.1, -0.05) is 27.2 Å². The van der Waals surface area contributed by atoms with E-state index in [9.17, 15) is 13.2 Å². The molecule has 1 aromatic carbocycles. The van der Waals surface area contributed by atoms with Gasteiger partial charge in [-0.3, -0.25) is 4.79 Å². The van der Waals surface area contributed by atoms with Gasteiger partial charge in [0.05, 0.1) is 4.90 Å². The number of carbonyl (C=O) groups is 1. The minimum Gasteiger partial charge on any atom is -0.352 e. The highest BCUT2D eigenvalue weighted by Crippen LogP contribution is 2.08. The van der Waals surface area contributed by atoms with Crippen molar-refractivity contribution in [1.29, 1.82) is 0 Å². The number of carbonyl (C=O) groups excluding carboxylic acids is 1. The van der Waals surface area contributed by atoms with Crippen molar-refractivity contribution in [3.05, 3.63) is 29.8 Å². The molecule has 0 radical (unpaired) electrons. The molecule has 0 unspecified atom stereocenters. The van der Waals surface area contributed by atoms with Crippen LogP contribution in [0.4, 0.5) is 0 Å². The minimum absolute atomic E-state index is 0.000425. The lowest BCUT2D eigenvalue weighted by Crippen LogP contribution is -2.24. The van der Waals surface area contributed by atoms with Crippen LogP contribution in [0.1, 0.15) is 56.8 Å². The van der Waals surface area contributed by atoms with Crippen LogP contribution in [0.5, 0.6) is 0 Å². The van der Waals surface area contributed by atoms with Crippen LogP contribution in [0, 0.1) is 0 Å². The van der Waals surface area contributed by atoms with Crippen molar-refractivity contribution in [3.8, 4) is 0 Å². The van der Waals surface area contributed by atoms with Crippen molar-refractivity contribution in [1.82, 2.24) is 10.6 Å². The van der Waals surface area contributed by atoms with Gasteiger partial charge in [-0.25, -0.2) is 13.6 Å². The molecule has 0 aromatic heterocycles. The average molecular weight is 358 g/mol. The van der Waals surface area contributed by atoms with Crippen LogP contribution < -0.4 is 15.8 Å². The summed E-state index contributed by atoms with van der Waals surface area (Å²) in [7, 11) is -3.69. The van der Waals surface area contributed by atoms with Crippen LogP contribution in [-0.4, -0.2) is 34.0 Å². The van der Waals surface area contributed by atoms with E-state index >= 15 is 0 Å². The summed E-state index contributed by atoms with van der Waals surface area (Å²) in [6.07, 6.45) is 4.72. The number of nitrogens with one attached hydrogen (secondary N) is 2. The molecule has 0 bridgehead atoms. The Morgan fingerprint density at radius 2 is 1.54 bits per heavy atom. The Labute approximate surface area is 146 Å². The lowest BCUT2D eigenvalue weighted by Gasteiger charge is -2.04. The first-order valence-corrected chi connectivity index (χ1v) is 10.0. The zero-order valence-electron chi connectivity index (χ0n) is 15.0. The molecule has 0 fully saturated rings. The summed E-state index contributed by atoms with van der Waals surface area (Å²) in [5, 5.41) is 11.0. The lowest BCUT2D eigenvalue weighted by molar-refractivity contribution is 0.0953. The predicted molar refractivity (Wildman–Crippen MR) is 98.5 cm³/mol. The van der Waals surface area contributed by atoms with Gasteiger partial charge in [-0.05, 0) is 56.6 Å². The highest BCUT2D eigenvalue weighted by Gasteiger charge is 2.09. The summed E-state index contributed by atoms with van der Waals surface area (Å²) >= 11 is 0. The number of hydrogen-bond acceptors (Lipinski definition) is 4. The van der Waals surface area contributed by atoms with E-state index in [-0.39, 0.29) is 10.8 Å². The molecule has 0 aliphatic rings. The second kappa shape index (κ2) is 12.9. The molecule has 6 nitrogen and oxygen atoms in total. The topological polar surface area (TPSA) is 101 Å². The molecule has 7 heteroatoms.